The highest BCUT2D eigenvalue weighted by Gasteiger charge is 2.19. The van der Waals surface area contributed by atoms with Crippen LogP contribution in [0.5, 0.6) is 0 Å². The van der Waals surface area contributed by atoms with Gasteiger partial charge in [-0.2, -0.15) is 16.0 Å². The molecule has 0 saturated carbocycles. The summed E-state index contributed by atoms with van der Waals surface area (Å²) in [5.74, 6) is 0. The van der Waals surface area contributed by atoms with E-state index in [2.05, 4.69) is 57.0 Å². The van der Waals surface area contributed by atoms with Crippen molar-refractivity contribution in [3.63, 3.8) is 0 Å². The van der Waals surface area contributed by atoms with Gasteiger partial charge in [0.1, 0.15) is 0 Å². The first-order valence-corrected chi connectivity index (χ1v) is 10.5. The van der Waals surface area contributed by atoms with Gasteiger partial charge in [-0.3, -0.25) is 9.80 Å². The predicted molar refractivity (Wildman–Crippen MR) is 111 cm³/mol. The molecule has 1 saturated heterocycles. The molecule has 1 aliphatic heterocycles. The molecule has 27 heavy (non-hydrogen) atoms. The summed E-state index contributed by atoms with van der Waals surface area (Å²) in [5.41, 5.74) is 4.83. The van der Waals surface area contributed by atoms with E-state index in [1.54, 1.807) is 16.0 Å². The first kappa shape index (κ1) is 18.5. The van der Waals surface area contributed by atoms with Gasteiger partial charge < -0.3 is 0 Å². The Morgan fingerprint density at radius 1 is 1.04 bits per heavy atom. The molecule has 1 aliphatic rings. The van der Waals surface area contributed by atoms with Crippen LogP contribution in [0.4, 0.5) is 0 Å². The summed E-state index contributed by atoms with van der Waals surface area (Å²) in [5, 5.41) is 13.0. The molecule has 2 aromatic heterocycles. The monoisotopic (exact) mass is 400 g/mol. The third kappa shape index (κ3) is 4.03. The van der Waals surface area contributed by atoms with Gasteiger partial charge in [0.25, 0.3) is 0 Å². The smallest absolute Gasteiger partial charge is 0.221 e. The van der Waals surface area contributed by atoms with E-state index in [0.717, 1.165) is 38.4 Å². The molecule has 1 aromatic carbocycles. The summed E-state index contributed by atoms with van der Waals surface area (Å²) >= 11 is 7.41. The maximum atomic E-state index is 5.64. The molecule has 0 amide bonds. The largest absolute Gasteiger partial charge is 0.297 e. The van der Waals surface area contributed by atoms with Gasteiger partial charge in [0.15, 0.2) is 0 Å². The fourth-order valence-corrected chi connectivity index (χ4v) is 4.29. The average Bonchev–Trinajstić information content (AvgIpc) is 3.30. The van der Waals surface area contributed by atoms with Crippen LogP contribution in [-0.2, 0) is 13.2 Å². The SMILES string of the molecule is Cc1cccc(-n2nnn(CN3CCN(Cc4ccsc4)CC3)c2=S)c1C. The Balaban J connectivity index is 1.40. The third-order valence-corrected chi connectivity index (χ3v) is 6.34. The number of nitrogens with zero attached hydrogens (tertiary/aromatic N) is 6. The molecular weight excluding hydrogens is 376 g/mol. The van der Waals surface area contributed by atoms with Crippen LogP contribution in [0.3, 0.4) is 0 Å². The molecule has 0 unspecified atom stereocenters. The van der Waals surface area contributed by atoms with Crippen LogP contribution in [0.25, 0.3) is 5.69 Å². The Bertz CT molecular complexity index is 951. The molecule has 3 heterocycles. The van der Waals surface area contributed by atoms with E-state index in [0.29, 0.717) is 11.4 Å². The van der Waals surface area contributed by atoms with Gasteiger partial charge in [0.2, 0.25) is 4.77 Å². The van der Waals surface area contributed by atoms with Crippen molar-refractivity contribution in [3.05, 3.63) is 56.5 Å². The highest BCUT2D eigenvalue weighted by Crippen LogP contribution is 2.17. The minimum atomic E-state index is 0.643. The molecule has 0 radical (unpaired) electrons. The van der Waals surface area contributed by atoms with Gasteiger partial charge in [0.05, 0.1) is 12.4 Å². The summed E-state index contributed by atoms with van der Waals surface area (Å²) < 4.78 is 4.24. The van der Waals surface area contributed by atoms with Crippen LogP contribution in [0.2, 0.25) is 0 Å². The Morgan fingerprint density at radius 2 is 1.81 bits per heavy atom. The van der Waals surface area contributed by atoms with Gasteiger partial charge in [-0.1, -0.05) is 12.1 Å². The van der Waals surface area contributed by atoms with E-state index in [4.69, 9.17) is 12.2 Å². The average molecular weight is 401 g/mol. The molecule has 0 N–H and O–H groups in total. The fourth-order valence-electron chi connectivity index (χ4n) is 3.40. The van der Waals surface area contributed by atoms with E-state index < -0.39 is 0 Å². The second kappa shape index (κ2) is 8.02. The highest BCUT2D eigenvalue weighted by atomic mass is 32.1. The number of hydrogen-bond donors (Lipinski definition) is 0. The van der Waals surface area contributed by atoms with Gasteiger partial charge in [-0.05, 0) is 76.1 Å². The van der Waals surface area contributed by atoms with Crippen molar-refractivity contribution in [3.8, 4) is 5.69 Å². The van der Waals surface area contributed by atoms with Crippen LogP contribution < -0.4 is 0 Å². The van der Waals surface area contributed by atoms with E-state index in [1.807, 2.05) is 16.8 Å². The number of hydrogen-bond acceptors (Lipinski definition) is 6. The number of aromatic nitrogens is 4. The summed E-state index contributed by atoms with van der Waals surface area (Å²) in [6.45, 7) is 10.1. The number of aryl methyl sites for hydroxylation is 1. The Morgan fingerprint density at radius 3 is 2.56 bits per heavy atom. The molecule has 142 valence electrons. The molecule has 3 aromatic rings. The number of benzene rings is 1. The molecule has 1 fully saturated rings. The Labute approximate surface area is 168 Å². The topological polar surface area (TPSA) is 42.1 Å². The van der Waals surface area contributed by atoms with Gasteiger partial charge in [-0.25, -0.2) is 4.68 Å². The van der Waals surface area contributed by atoms with Crippen LogP contribution in [-0.4, -0.2) is 55.8 Å². The van der Waals surface area contributed by atoms with E-state index >= 15 is 0 Å². The first-order valence-electron chi connectivity index (χ1n) is 9.17. The lowest BCUT2D eigenvalue weighted by atomic mass is 10.1. The lowest BCUT2D eigenvalue weighted by molar-refractivity contribution is 0.0976. The molecule has 8 heteroatoms. The van der Waals surface area contributed by atoms with Gasteiger partial charge in [-0.15, -0.1) is 0 Å². The van der Waals surface area contributed by atoms with Crippen LogP contribution in [0.1, 0.15) is 16.7 Å². The van der Waals surface area contributed by atoms with Gasteiger partial charge in [0, 0.05) is 32.7 Å². The van der Waals surface area contributed by atoms with Crippen molar-refractivity contribution in [2.75, 3.05) is 26.2 Å². The van der Waals surface area contributed by atoms with Crippen LogP contribution in [0.15, 0.2) is 35.0 Å². The standard InChI is InChI=1S/C19H24N6S2/c1-15-4-3-5-18(16(15)2)25-19(26)24(20-21-25)14-23-9-7-22(8-10-23)12-17-6-11-27-13-17/h3-6,11,13H,7-10,12,14H2,1-2H3. The Kier molecular flexibility index (Phi) is 5.49. The molecule has 0 bridgehead atoms. The van der Waals surface area contributed by atoms with E-state index in [9.17, 15) is 0 Å². The van der Waals surface area contributed by atoms with Crippen molar-refractivity contribution in [2.45, 2.75) is 27.1 Å². The maximum absolute atomic E-state index is 5.64. The number of thiophene rings is 1. The minimum absolute atomic E-state index is 0.643. The zero-order valence-electron chi connectivity index (χ0n) is 15.7. The zero-order valence-corrected chi connectivity index (χ0v) is 17.3. The highest BCUT2D eigenvalue weighted by molar-refractivity contribution is 7.71. The second-order valence-corrected chi connectivity index (χ2v) is 8.20. The van der Waals surface area contributed by atoms with Crippen molar-refractivity contribution < 1.29 is 0 Å². The van der Waals surface area contributed by atoms with E-state index in [1.165, 1.54) is 16.7 Å². The molecule has 0 spiro atoms. The number of tetrazole rings is 1. The van der Waals surface area contributed by atoms with Crippen LogP contribution in [0, 0.1) is 18.6 Å². The van der Waals surface area contributed by atoms with Crippen molar-refractivity contribution in [1.29, 1.82) is 0 Å². The van der Waals surface area contributed by atoms with E-state index in [-0.39, 0.29) is 0 Å². The van der Waals surface area contributed by atoms with Crippen molar-refractivity contribution >= 4 is 23.6 Å². The third-order valence-electron chi connectivity index (χ3n) is 5.23. The lowest BCUT2D eigenvalue weighted by Gasteiger charge is -2.34. The Hall–Kier alpha value is -1.87. The summed E-state index contributed by atoms with van der Waals surface area (Å²) in [7, 11) is 0. The summed E-state index contributed by atoms with van der Waals surface area (Å²) in [4.78, 5) is 4.90. The lowest BCUT2D eigenvalue weighted by Crippen LogP contribution is -2.46. The number of piperazine rings is 1. The fraction of sp³-hybridized carbons (Fsp3) is 0.421. The quantitative estimate of drug-likeness (QED) is 0.615. The molecular formula is C19H24N6S2. The van der Waals surface area contributed by atoms with Crippen LogP contribution >= 0.6 is 23.6 Å². The molecule has 4 rings (SSSR count). The molecule has 0 aliphatic carbocycles. The molecule has 0 atom stereocenters. The van der Waals surface area contributed by atoms with Crippen molar-refractivity contribution in [1.82, 2.24) is 29.6 Å². The van der Waals surface area contributed by atoms with Gasteiger partial charge >= 0.3 is 0 Å². The normalized spacial score (nSPS) is 16.1. The summed E-state index contributed by atoms with van der Waals surface area (Å²) in [6.07, 6.45) is 0. The summed E-state index contributed by atoms with van der Waals surface area (Å²) in [6, 6.07) is 8.38. The zero-order chi connectivity index (χ0) is 18.8. The molecule has 6 nitrogen and oxygen atoms in total. The minimum Gasteiger partial charge on any atom is -0.297 e. The first-order chi connectivity index (χ1) is 13.1. The maximum Gasteiger partial charge on any atom is 0.221 e. The number of rotatable bonds is 5. The second-order valence-electron chi connectivity index (χ2n) is 7.06. The predicted octanol–water partition coefficient (Wildman–Crippen LogP) is 3.25. The van der Waals surface area contributed by atoms with Crippen molar-refractivity contribution in [2.24, 2.45) is 0 Å².